The summed E-state index contributed by atoms with van der Waals surface area (Å²) in [7, 11) is 0. The molecule has 0 aromatic carbocycles. The molecule has 37 heavy (non-hydrogen) atoms. The van der Waals surface area contributed by atoms with Crippen molar-refractivity contribution in [2.75, 3.05) is 36.0 Å². The maximum absolute atomic E-state index is 13.5. The van der Waals surface area contributed by atoms with Crippen LogP contribution < -0.4 is 26.3 Å². The van der Waals surface area contributed by atoms with Gasteiger partial charge in [-0.1, -0.05) is 0 Å². The van der Waals surface area contributed by atoms with Gasteiger partial charge in [0.1, 0.15) is 11.5 Å². The first-order chi connectivity index (χ1) is 17.8. The van der Waals surface area contributed by atoms with Gasteiger partial charge in [0.05, 0.1) is 17.8 Å². The second-order valence-corrected chi connectivity index (χ2v) is 8.85. The molecule has 5 heterocycles. The highest BCUT2D eigenvalue weighted by Crippen LogP contribution is 2.35. The number of halogens is 3. The van der Waals surface area contributed by atoms with Gasteiger partial charge in [0.25, 0.3) is 5.62 Å². The standard InChI is InChI=1S/C22H21F3N10O2/c23-22(24,25)14-2-1-5-26-17(14)33-6-8-34(9-7-33)19-30-16-12(10-15-18(36)31-21(37)29-15)11-27-35(16)20(32-19)28-13-3-4-13/h1-2,5,10-11,13,36H,3-4,6-9H2,(H2,29,31,37)/b12-10-,28-20?. The van der Waals surface area contributed by atoms with Crippen LogP contribution in [0.3, 0.4) is 0 Å². The Morgan fingerprint density at radius 2 is 1.86 bits per heavy atom. The molecule has 6 rings (SSSR count). The van der Waals surface area contributed by atoms with Crippen LogP contribution >= 0.6 is 0 Å². The van der Waals surface area contributed by atoms with Crippen LogP contribution in [0.1, 0.15) is 24.1 Å². The van der Waals surface area contributed by atoms with Crippen molar-refractivity contribution in [3.8, 4) is 5.88 Å². The molecule has 1 aliphatic carbocycles. The number of piperazine rings is 1. The van der Waals surface area contributed by atoms with E-state index in [1.807, 2.05) is 4.90 Å². The minimum absolute atomic E-state index is 0.0941. The molecule has 0 radical (unpaired) electrons. The van der Waals surface area contributed by atoms with E-state index in [-0.39, 0.29) is 23.4 Å². The average molecular weight is 514 g/mol. The third kappa shape index (κ3) is 4.47. The Morgan fingerprint density at radius 1 is 1.11 bits per heavy atom. The fraction of sp³-hybridized carbons (Fsp3) is 0.364. The quantitative estimate of drug-likeness (QED) is 0.350. The van der Waals surface area contributed by atoms with Gasteiger partial charge in [-0.2, -0.15) is 32.8 Å². The molecular weight excluding hydrogens is 493 g/mol. The highest BCUT2D eigenvalue weighted by Gasteiger charge is 2.36. The van der Waals surface area contributed by atoms with E-state index in [9.17, 15) is 23.1 Å². The Hall–Kier alpha value is -4.43. The number of anilines is 2. The Morgan fingerprint density at radius 3 is 2.54 bits per heavy atom. The number of fused-ring (bicyclic) bond motifs is 1. The first kappa shape index (κ1) is 23.0. The molecule has 0 unspecified atom stereocenters. The lowest BCUT2D eigenvalue weighted by Crippen LogP contribution is -2.48. The van der Waals surface area contributed by atoms with E-state index in [1.165, 1.54) is 29.1 Å². The molecule has 4 aromatic rings. The van der Waals surface area contributed by atoms with E-state index in [0.29, 0.717) is 48.6 Å². The fourth-order valence-corrected chi connectivity index (χ4v) is 4.20. The van der Waals surface area contributed by atoms with Crippen molar-refractivity contribution in [1.29, 1.82) is 0 Å². The number of nitrogens with zero attached hydrogens (tertiary/aromatic N) is 8. The molecule has 0 bridgehead atoms. The first-order valence-electron chi connectivity index (χ1n) is 11.6. The van der Waals surface area contributed by atoms with E-state index in [2.05, 4.69) is 35.0 Å². The van der Waals surface area contributed by atoms with Gasteiger partial charge in [-0.15, -0.1) is 0 Å². The Bertz CT molecular complexity index is 1650. The number of pyridine rings is 1. The minimum atomic E-state index is -4.50. The SMILES string of the molecule is O=c1[nH]c(O)c(/C=c2/cnn3c(=NC4CC4)nc(N4CCN(c5ncccc5C(F)(F)F)CC4)nc23)[nH]1. The zero-order chi connectivity index (χ0) is 25.7. The van der Waals surface area contributed by atoms with Crippen LogP contribution in [0, 0.1) is 0 Å². The smallest absolute Gasteiger partial charge is 0.419 e. The summed E-state index contributed by atoms with van der Waals surface area (Å²) in [5.74, 6) is -0.0423. The van der Waals surface area contributed by atoms with Crippen LogP contribution in [-0.2, 0) is 6.18 Å². The van der Waals surface area contributed by atoms with E-state index in [4.69, 9.17) is 0 Å². The van der Waals surface area contributed by atoms with Gasteiger partial charge in [-0.25, -0.2) is 14.8 Å². The summed E-state index contributed by atoms with van der Waals surface area (Å²) in [4.78, 5) is 37.7. The van der Waals surface area contributed by atoms with Crippen molar-refractivity contribution >= 4 is 23.5 Å². The zero-order valence-corrected chi connectivity index (χ0v) is 19.3. The summed E-state index contributed by atoms with van der Waals surface area (Å²) in [6, 6.07) is 2.46. The number of hydrogen-bond acceptors (Lipinski definition) is 9. The number of nitrogens with one attached hydrogen (secondary N) is 2. The highest BCUT2D eigenvalue weighted by molar-refractivity contribution is 5.57. The number of aromatic amines is 2. The average Bonchev–Trinajstić information content (AvgIpc) is 3.51. The van der Waals surface area contributed by atoms with Gasteiger partial charge < -0.3 is 19.9 Å². The molecule has 1 aliphatic heterocycles. The lowest BCUT2D eigenvalue weighted by atomic mass is 10.2. The maximum atomic E-state index is 13.5. The third-order valence-corrected chi connectivity index (χ3v) is 6.20. The number of hydrogen-bond donors (Lipinski definition) is 3. The van der Waals surface area contributed by atoms with Crippen molar-refractivity contribution in [3.63, 3.8) is 0 Å². The molecule has 2 fully saturated rings. The third-order valence-electron chi connectivity index (χ3n) is 6.20. The zero-order valence-electron chi connectivity index (χ0n) is 19.3. The molecule has 192 valence electrons. The summed E-state index contributed by atoms with van der Waals surface area (Å²) in [5.41, 5.74) is -0.375. The number of rotatable bonds is 4. The van der Waals surface area contributed by atoms with Crippen LogP contribution in [0.15, 0.2) is 34.3 Å². The predicted octanol–water partition coefficient (Wildman–Crippen LogP) is 0.198. The van der Waals surface area contributed by atoms with E-state index < -0.39 is 17.4 Å². The number of imidazole rings is 1. The lowest BCUT2D eigenvalue weighted by Gasteiger charge is -2.36. The molecule has 1 saturated heterocycles. The van der Waals surface area contributed by atoms with E-state index in [1.54, 1.807) is 4.90 Å². The van der Waals surface area contributed by atoms with E-state index in [0.717, 1.165) is 18.9 Å². The first-order valence-corrected chi connectivity index (χ1v) is 11.6. The van der Waals surface area contributed by atoms with Gasteiger partial charge in [0.15, 0.2) is 5.65 Å². The molecule has 0 atom stereocenters. The molecule has 2 aliphatic rings. The monoisotopic (exact) mass is 514 g/mol. The Labute approximate surface area is 205 Å². The summed E-state index contributed by atoms with van der Waals surface area (Å²) in [6.45, 7) is 1.32. The second-order valence-electron chi connectivity index (χ2n) is 8.85. The number of H-pyrrole nitrogens is 2. The van der Waals surface area contributed by atoms with Crippen LogP contribution in [0.2, 0.25) is 0 Å². The molecule has 1 saturated carbocycles. The Kier molecular flexibility index (Phi) is 5.35. The summed E-state index contributed by atoms with van der Waals surface area (Å²) < 4.78 is 41.9. The molecule has 4 aromatic heterocycles. The molecule has 0 spiro atoms. The second kappa shape index (κ2) is 8.60. The molecule has 15 heteroatoms. The molecule has 3 N–H and O–H groups in total. The van der Waals surface area contributed by atoms with Crippen LogP contribution in [-0.4, -0.2) is 71.9 Å². The number of aromatic nitrogens is 7. The summed E-state index contributed by atoms with van der Waals surface area (Å²) in [5, 5.41) is 14.8. The fourth-order valence-electron chi connectivity index (χ4n) is 4.20. The normalized spacial score (nSPS) is 17.8. The van der Waals surface area contributed by atoms with Crippen LogP contribution in [0.5, 0.6) is 5.88 Å². The topological polar surface area (TPSA) is 144 Å². The molecule has 12 nitrogen and oxygen atoms in total. The lowest BCUT2D eigenvalue weighted by molar-refractivity contribution is -0.137. The van der Waals surface area contributed by atoms with Gasteiger partial charge in [0, 0.05) is 37.6 Å². The Balaban J connectivity index is 1.35. The molecular formula is C22H21F3N10O2. The van der Waals surface area contributed by atoms with E-state index >= 15 is 0 Å². The van der Waals surface area contributed by atoms with Gasteiger partial charge in [-0.05, 0) is 31.1 Å². The minimum Gasteiger partial charge on any atom is -0.493 e. The molecule has 0 amide bonds. The predicted molar refractivity (Wildman–Crippen MR) is 125 cm³/mol. The largest absolute Gasteiger partial charge is 0.493 e. The van der Waals surface area contributed by atoms with Crippen LogP contribution in [0.25, 0.3) is 11.7 Å². The van der Waals surface area contributed by atoms with Crippen molar-refractivity contribution < 1.29 is 18.3 Å². The van der Waals surface area contributed by atoms with Crippen molar-refractivity contribution in [1.82, 2.24) is 34.5 Å². The summed E-state index contributed by atoms with van der Waals surface area (Å²) >= 11 is 0. The van der Waals surface area contributed by atoms with Crippen LogP contribution in [0.4, 0.5) is 24.9 Å². The van der Waals surface area contributed by atoms with Crippen molar-refractivity contribution in [2.24, 2.45) is 4.99 Å². The van der Waals surface area contributed by atoms with Gasteiger partial charge in [-0.3, -0.25) is 4.98 Å². The summed E-state index contributed by atoms with van der Waals surface area (Å²) in [6.07, 6.45) is 1.81. The highest BCUT2D eigenvalue weighted by atomic mass is 19.4. The van der Waals surface area contributed by atoms with Crippen molar-refractivity contribution in [2.45, 2.75) is 25.1 Å². The van der Waals surface area contributed by atoms with Crippen molar-refractivity contribution in [3.05, 3.63) is 57.1 Å². The maximum Gasteiger partial charge on any atom is 0.419 e. The van der Waals surface area contributed by atoms with Gasteiger partial charge in [0.2, 0.25) is 11.8 Å². The number of aromatic hydroxyl groups is 1. The van der Waals surface area contributed by atoms with Gasteiger partial charge >= 0.3 is 11.9 Å². The number of alkyl halides is 3.